The number of hydrogen-bond acceptors (Lipinski definition) is 5. The van der Waals surface area contributed by atoms with Crippen molar-refractivity contribution in [3.63, 3.8) is 0 Å². The second kappa shape index (κ2) is 9.09. The number of alkyl halides is 3. The third kappa shape index (κ3) is 4.63. The van der Waals surface area contributed by atoms with E-state index >= 15 is 0 Å². The Kier molecular flexibility index (Phi) is 5.99. The molecular formula is C24H23F3N4O3. The summed E-state index contributed by atoms with van der Waals surface area (Å²) in [6.07, 6.45) is 3.63. The zero-order valence-corrected chi connectivity index (χ0v) is 18.2. The second-order valence-corrected chi connectivity index (χ2v) is 8.44. The molecule has 178 valence electrons. The van der Waals surface area contributed by atoms with Crippen LogP contribution in [0.15, 0.2) is 47.9 Å². The van der Waals surface area contributed by atoms with E-state index < -0.39 is 24.0 Å². The smallest absolute Gasteiger partial charge is 0.395 e. The summed E-state index contributed by atoms with van der Waals surface area (Å²) < 4.78 is 52.5. The molecule has 7 nitrogen and oxygen atoms in total. The van der Waals surface area contributed by atoms with Crippen LogP contribution < -0.4 is 5.32 Å². The minimum atomic E-state index is -4.31. The molecule has 3 aliphatic rings. The Morgan fingerprint density at radius 3 is 2.91 bits per heavy atom. The van der Waals surface area contributed by atoms with Crippen LogP contribution in [0.3, 0.4) is 0 Å². The number of ether oxygens (including phenoxy) is 2. The maximum absolute atomic E-state index is 13.2. The summed E-state index contributed by atoms with van der Waals surface area (Å²) in [5, 5.41) is 7.39. The summed E-state index contributed by atoms with van der Waals surface area (Å²) in [7, 11) is 0. The number of allylic oxidation sites excluding steroid dienone is 2. The number of rotatable bonds is 4. The molecule has 10 heteroatoms. The van der Waals surface area contributed by atoms with E-state index in [1.165, 1.54) is 6.08 Å². The Morgan fingerprint density at radius 1 is 1.24 bits per heavy atom. The van der Waals surface area contributed by atoms with Gasteiger partial charge in [-0.15, -0.1) is 0 Å². The molecule has 0 saturated heterocycles. The fourth-order valence-corrected chi connectivity index (χ4v) is 4.36. The first-order chi connectivity index (χ1) is 16.4. The molecular weight excluding hydrogens is 449 g/mol. The van der Waals surface area contributed by atoms with Gasteiger partial charge < -0.3 is 14.8 Å². The van der Waals surface area contributed by atoms with Crippen molar-refractivity contribution in [2.75, 3.05) is 13.2 Å². The number of hydrogen-bond donors (Lipinski definition) is 1. The molecule has 0 bridgehead atoms. The number of carbonyl (C=O) groups excluding carboxylic acids is 1. The quantitative estimate of drug-likeness (QED) is 0.731. The maximum atomic E-state index is 13.2. The Balaban J connectivity index is 1.34. The van der Waals surface area contributed by atoms with Gasteiger partial charge in [0.2, 0.25) is 0 Å². The van der Waals surface area contributed by atoms with Crippen LogP contribution in [-0.4, -0.2) is 46.1 Å². The van der Waals surface area contributed by atoms with Crippen molar-refractivity contribution >= 4 is 18.1 Å². The standard InChI is InChI=1S/C24H23F3N4O3/c25-24(26,27)16-4-7-21-15(11-16)12-18(13-34-21)29-23(32)22-19(6-5-17-3-1-2-8-28-17)20-14-33-10-9-31(20)30-22/h1-8,16,18H,9-14H2,(H,29,32)/b6-5+/t16?,18-/m1/s1. The molecule has 0 spiro atoms. The number of pyridine rings is 1. The number of carbonyl (C=O) groups is 1. The number of halogens is 3. The van der Waals surface area contributed by atoms with Crippen LogP contribution in [0.2, 0.25) is 0 Å². The molecule has 5 rings (SSSR count). The monoisotopic (exact) mass is 472 g/mol. The van der Waals surface area contributed by atoms with E-state index in [2.05, 4.69) is 15.4 Å². The van der Waals surface area contributed by atoms with E-state index in [0.717, 1.165) is 17.5 Å². The van der Waals surface area contributed by atoms with Crippen molar-refractivity contribution in [3.8, 4) is 0 Å². The molecule has 34 heavy (non-hydrogen) atoms. The molecule has 2 atom stereocenters. The highest BCUT2D eigenvalue weighted by Gasteiger charge is 2.41. The molecule has 1 N–H and O–H groups in total. The Bertz CT molecular complexity index is 1170. The molecule has 0 fully saturated rings. The molecule has 1 unspecified atom stereocenters. The van der Waals surface area contributed by atoms with Gasteiger partial charge in [0.05, 0.1) is 43.1 Å². The molecule has 1 amide bonds. The van der Waals surface area contributed by atoms with Gasteiger partial charge in [-0.2, -0.15) is 18.3 Å². The minimum Gasteiger partial charge on any atom is -0.492 e. The Labute approximate surface area is 194 Å². The van der Waals surface area contributed by atoms with Crippen LogP contribution in [0.25, 0.3) is 12.2 Å². The molecule has 0 saturated carbocycles. The normalized spacial score (nSPS) is 22.3. The minimum absolute atomic E-state index is 0.157. The first-order valence-electron chi connectivity index (χ1n) is 11.1. The summed E-state index contributed by atoms with van der Waals surface area (Å²) in [4.78, 5) is 17.5. The molecule has 1 aliphatic carbocycles. The van der Waals surface area contributed by atoms with Crippen LogP contribution >= 0.6 is 0 Å². The lowest BCUT2D eigenvalue weighted by atomic mass is 9.88. The van der Waals surface area contributed by atoms with E-state index in [0.29, 0.717) is 43.1 Å². The molecule has 2 aliphatic heterocycles. The third-order valence-electron chi connectivity index (χ3n) is 6.09. The largest absolute Gasteiger partial charge is 0.492 e. The van der Waals surface area contributed by atoms with Gasteiger partial charge in [0.1, 0.15) is 12.4 Å². The highest BCUT2D eigenvalue weighted by Crippen LogP contribution is 2.39. The van der Waals surface area contributed by atoms with E-state index in [1.807, 2.05) is 18.2 Å². The van der Waals surface area contributed by atoms with Gasteiger partial charge in [-0.1, -0.05) is 12.1 Å². The van der Waals surface area contributed by atoms with Crippen LogP contribution in [0.1, 0.15) is 40.3 Å². The summed E-state index contributed by atoms with van der Waals surface area (Å²) >= 11 is 0. The Hall–Kier alpha value is -3.40. The lowest BCUT2D eigenvalue weighted by Crippen LogP contribution is -2.41. The van der Waals surface area contributed by atoms with Gasteiger partial charge in [0.15, 0.2) is 5.69 Å². The fraction of sp³-hybridized carbons (Fsp3) is 0.375. The van der Waals surface area contributed by atoms with E-state index in [1.54, 1.807) is 23.0 Å². The number of nitrogens with one attached hydrogen (secondary N) is 1. The van der Waals surface area contributed by atoms with E-state index in [-0.39, 0.29) is 18.7 Å². The van der Waals surface area contributed by atoms with Gasteiger partial charge in [-0.25, -0.2) is 0 Å². The average molecular weight is 472 g/mol. The van der Waals surface area contributed by atoms with Crippen LogP contribution in [0, 0.1) is 5.92 Å². The first-order valence-corrected chi connectivity index (χ1v) is 11.1. The lowest BCUT2D eigenvalue weighted by molar-refractivity contribution is -0.161. The Morgan fingerprint density at radius 2 is 2.12 bits per heavy atom. The van der Waals surface area contributed by atoms with Crippen molar-refractivity contribution in [1.82, 2.24) is 20.1 Å². The van der Waals surface area contributed by atoms with Crippen LogP contribution in [0.4, 0.5) is 13.2 Å². The van der Waals surface area contributed by atoms with Gasteiger partial charge in [0.25, 0.3) is 5.91 Å². The number of aromatic nitrogens is 3. The predicted octanol–water partition coefficient (Wildman–Crippen LogP) is 3.89. The molecule has 2 aromatic rings. The van der Waals surface area contributed by atoms with Crippen molar-refractivity contribution in [2.24, 2.45) is 5.92 Å². The van der Waals surface area contributed by atoms with Crippen LogP contribution in [-0.2, 0) is 22.6 Å². The van der Waals surface area contributed by atoms with E-state index in [4.69, 9.17) is 9.47 Å². The van der Waals surface area contributed by atoms with Crippen molar-refractivity contribution < 1.29 is 27.4 Å². The lowest BCUT2D eigenvalue weighted by Gasteiger charge is -2.31. The molecule has 0 radical (unpaired) electrons. The highest BCUT2D eigenvalue weighted by molar-refractivity contribution is 5.97. The zero-order valence-electron chi connectivity index (χ0n) is 18.2. The third-order valence-corrected chi connectivity index (χ3v) is 6.09. The average Bonchev–Trinajstić information content (AvgIpc) is 3.21. The van der Waals surface area contributed by atoms with Crippen molar-refractivity contribution in [3.05, 3.63) is 70.5 Å². The number of fused-ring (bicyclic) bond motifs is 1. The highest BCUT2D eigenvalue weighted by atomic mass is 19.4. The number of amides is 1. The molecule has 0 aromatic carbocycles. The predicted molar refractivity (Wildman–Crippen MR) is 117 cm³/mol. The van der Waals surface area contributed by atoms with Crippen LogP contribution in [0.5, 0.6) is 0 Å². The first kappa shape index (κ1) is 22.4. The topological polar surface area (TPSA) is 78.3 Å². The number of nitrogens with zero attached hydrogens (tertiary/aromatic N) is 3. The zero-order chi connectivity index (χ0) is 23.7. The van der Waals surface area contributed by atoms with Gasteiger partial charge in [-0.05, 0) is 48.8 Å². The summed E-state index contributed by atoms with van der Waals surface area (Å²) in [5.41, 5.74) is 2.96. The van der Waals surface area contributed by atoms with Gasteiger partial charge >= 0.3 is 6.18 Å². The molecule has 4 heterocycles. The summed E-state index contributed by atoms with van der Waals surface area (Å²) in [6.45, 7) is 1.54. The summed E-state index contributed by atoms with van der Waals surface area (Å²) in [6, 6.07) is 5.08. The van der Waals surface area contributed by atoms with E-state index in [9.17, 15) is 18.0 Å². The van der Waals surface area contributed by atoms with Gasteiger partial charge in [-0.3, -0.25) is 14.5 Å². The van der Waals surface area contributed by atoms with Gasteiger partial charge in [0, 0.05) is 11.8 Å². The summed E-state index contributed by atoms with van der Waals surface area (Å²) in [5.74, 6) is -1.47. The maximum Gasteiger partial charge on any atom is 0.395 e. The second-order valence-electron chi connectivity index (χ2n) is 8.44. The molecule has 2 aromatic heterocycles. The van der Waals surface area contributed by atoms with Crippen molar-refractivity contribution in [2.45, 2.75) is 38.2 Å². The fourth-order valence-electron chi connectivity index (χ4n) is 4.36. The van der Waals surface area contributed by atoms with Crippen molar-refractivity contribution in [1.29, 1.82) is 0 Å². The SMILES string of the molecule is O=C(N[C@H]1COC2=C(CC(C(F)(F)F)C=C2)C1)c1nn2c(c1/C=C/c1ccccn1)COCC2.